The van der Waals surface area contributed by atoms with Crippen molar-refractivity contribution in [2.75, 3.05) is 13.1 Å². The van der Waals surface area contributed by atoms with Crippen LogP contribution in [-0.2, 0) is 9.59 Å². The molecule has 1 amide bonds. The lowest BCUT2D eigenvalue weighted by molar-refractivity contribution is -0.141. The molecule has 1 aliphatic rings. The molecule has 0 radical (unpaired) electrons. The predicted molar refractivity (Wildman–Crippen MR) is 62.5 cm³/mol. The van der Waals surface area contributed by atoms with Gasteiger partial charge in [0, 0.05) is 19.5 Å². The second-order valence-corrected chi connectivity index (χ2v) is 4.69. The smallest absolute Gasteiger partial charge is 0.306 e. The zero-order chi connectivity index (χ0) is 12.8. The van der Waals surface area contributed by atoms with Crippen LogP contribution in [0.15, 0.2) is 0 Å². The summed E-state index contributed by atoms with van der Waals surface area (Å²) in [5.74, 6) is -0.433. The molecular formula is C12H21NO4. The highest BCUT2D eigenvalue weighted by molar-refractivity contribution is 5.76. The Morgan fingerprint density at radius 1 is 1.53 bits per heavy atom. The standard InChI is InChI=1S/C12H21NO4/c1-2-9-3-4-11(15)13(6-5-9)8-10(14)7-12(16)17/h9-10,14H,2-8H2,1H3,(H,16,17). The van der Waals surface area contributed by atoms with Crippen molar-refractivity contribution in [2.45, 2.75) is 45.1 Å². The van der Waals surface area contributed by atoms with E-state index >= 15 is 0 Å². The minimum absolute atomic E-state index is 0.0328. The Morgan fingerprint density at radius 3 is 2.82 bits per heavy atom. The number of rotatable bonds is 5. The van der Waals surface area contributed by atoms with Crippen LogP contribution < -0.4 is 0 Å². The van der Waals surface area contributed by atoms with Crippen LogP contribution in [0.4, 0.5) is 0 Å². The Bertz CT molecular complexity index is 280. The molecule has 17 heavy (non-hydrogen) atoms. The highest BCUT2D eigenvalue weighted by Crippen LogP contribution is 2.21. The zero-order valence-electron chi connectivity index (χ0n) is 10.3. The SMILES string of the molecule is CCC1CCC(=O)N(CC(O)CC(=O)O)CC1. The van der Waals surface area contributed by atoms with Crippen molar-refractivity contribution in [3.63, 3.8) is 0 Å². The third kappa shape index (κ3) is 4.73. The second kappa shape index (κ2) is 6.59. The monoisotopic (exact) mass is 243 g/mol. The first-order valence-electron chi connectivity index (χ1n) is 6.20. The Balaban J connectivity index is 2.46. The number of carboxylic acids is 1. The molecule has 98 valence electrons. The maximum atomic E-state index is 11.8. The molecule has 2 atom stereocenters. The molecule has 1 fully saturated rings. The topological polar surface area (TPSA) is 77.8 Å². The van der Waals surface area contributed by atoms with Crippen LogP contribution in [0.3, 0.4) is 0 Å². The maximum absolute atomic E-state index is 11.8. The molecule has 0 aromatic rings. The lowest BCUT2D eigenvalue weighted by atomic mass is 9.98. The number of carbonyl (C=O) groups is 2. The fourth-order valence-corrected chi connectivity index (χ4v) is 2.22. The second-order valence-electron chi connectivity index (χ2n) is 4.69. The number of carboxylic acid groups (broad SMARTS) is 1. The van der Waals surface area contributed by atoms with Crippen molar-refractivity contribution in [3.8, 4) is 0 Å². The Hall–Kier alpha value is -1.10. The number of aliphatic carboxylic acids is 1. The van der Waals surface area contributed by atoms with Gasteiger partial charge in [-0.15, -0.1) is 0 Å². The fraction of sp³-hybridized carbons (Fsp3) is 0.833. The highest BCUT2D eigenvalue weighted by atomic mass is 16.4. The number of aliphatic hydroxyl groups excluding tert-OH is 1. The molecule has 5 heteroatoms. The summed E-state index contributed by atoms with van der Waals surface area (Å²) >= 11 is 0. The van der Waals surface area contributed by atoms with Gasteiger partial charge in [0.1, 0.15) is 0 Å². The molecule has 0 saturated carbocycles. The summed E-state index contributed by atoms with van der Waals surface area (Å²) in [5.41, 5.74) is 0. The zero-order valence-corrected chi connectivity index (χ0v) is 10.3. The number of hydrogen-bond donors (Lipinski definition) is 2. The van der Waals surface area contributed by atoms with Crippen LogP contribution in [0, 0.1) is 5.92 Å². The van der Waals surface area contributed by atoms with Gasteiger partial charge in [-0.05, 0) is 18.8 Å². The summed E-state index contributed by atoms with van der Waals surface area (Å²) in [4.78, 5) is 23.8. The number of aliphatic hydroxyl groups is 1. The Labute approximate surface area is 101 Å². The van der Waals surface area contributed by atoms with Gasteiger partial charge in [-0.1, -0.05) is 13.3 Å². The minimum Gasteiger partial charge on any atom is -0.481 e. The van der Waals surface area contributed by atoms with Crippen molar-refractivity contribution < 1.29 is 19.8 Å². The predicted octanol–water partition coefficient (Wildman–Crippen LogP) is 0.861. The van der Waals surface area contributed by atoms with E-state index in [4.69, 9.17) is 5.11 Å². The van der Waals surface area contributed by atoms with Crippen LogP contribution in [0.25, 0.3) is 0 Å². The number of amides is 1. The van der Waals surface area contributed by atoms with E-state index in [0.29, 0.717) is 18.9 Å². The van der Waals surface area contributed by atoms with Crippen LogP contribution in [0.1, 0.15) is 39.0 Å². The number of carbonyl (C=O) groups excluding carboxylic acids is 1. The van der Waals surface area contributed by atoms with Gasteiger partial charge in [0.05, 0.1) is 12.5 Å². The van der Waals surface area contributed by atoms with Gasteiger partial charge < -0.3 is 15.1 Å². The Morgan fingerprint density at radius 2 is 2.24 bits per heavy atom. The first kappa shape index (κ1) is 14.0. The van der Waals surface area contributed by atoms with Gasteiger partial charge in [-0.25, -0.2) is 0 Å². The van der Waals surface area contributed by atoms with Crippen molar-refractivity contribution >= 4 is 11.9 Å². The lowest BCUT2D eigenvalue weighted by Gasteiger charge is -2.23. The number of hydrogen-bond acceptors (Lipinski definition) is 3. The van der Waals surface area contributed by atoms with Crippen molar-refractivity contribution in [2.24, 2.45) is 5.92 Å². The van der Waals surface area contributed by atoms with E-state index < -0.39 is 12.1 Å². The van der Waals surface area contributed by atoms with Crippen molar-refractivity contribution in [3.05, 3.63) is 0 Å². The van der Waals surface area contributed by atoms with Gasteiger partial charge in [0.25, 0.3) is 0 Å². The molecule has 1 aliphatic heterocycles. The van der Waals surface area contributed by atoms with Crippen LogP contribution in [-0.4, -0.2) is 46.2 Å². The van der Waals surface area contributed by atoms with Gasteiger partial charge in [0.15, 0.2) is 0 Å². The van der Waals surface area contributed by atoms with E-state index in [1.807, 2.05) is 0 Å². The molecule has 1 saturated heterocycles. The van der Waals surface area contributed by atoms with Crippen LogP contribution in [0.2, 0.25) is 0 Å². The third-order valence-corrected chi connectivity index (χ3v) is 3.35. The summed E-state index contributed by atoms with van der Waals surface area (Å²) in [5, 5.41) is 18.1. The van der Waals surface area contributed by atoms with Gasteiger partial charge in [-0.2, -0.15) is 0 Å². The van der Waals surface area contributed by atoms with Crippen LogP contribution >= 0.6 is 0 Å². The molecule has 0 bridgehead atoms. The summed E-state index contributed by atoms with van der Waals surface area (Å²) < 4.78 is 0. The first-order chi connectivity index (χ1) is 8.02. The quantitative estimate of drug-likeness (QED) is 0.750. The summed E-state index contributed by atoms with van der Waals surface area (Å²) in [6.45, 7) is 2.89. The number of β-amino-alcohol motifs (C(OH)–C–C–N with tert-alkyl or cyclic N) is 1. The molecule has 0 aromatic heterocycles. The summed E-state index contributed by atoms with van der Waals surface area (Å²) in [7, 11) is 0. The molecule has 0 aliphatic carbocycles. The summed E-state index contributed by atoms with van der Waals surface area (Å²) in [6.07, 6.45) is 2.16. The highest BCUT2D eigenvalue weighted by Gasteiger charge is 2.23. The number of likely N-dealkylation sites (tertiary alicyclic amines) is 1. The Kier molecular flexibility index (Phi) is 5.41. The van der Waals surface area contributed by atoms with Gasteiger partial charge >= 0.3 is 5.97 Å². The molecule has 5 nitrogen and oxygen atoms in total. The average Bonchev–Trinajstić information content (AvgIpc) is 2.41. The average molecular weight is 243 g/mol. The summed E-state index contributed by atoms with van der Waals surface area (Å²) in [6, 6.07) is 0. The van der Waals surface area contributed by atoms with E-state index in [0.717, 1.165) is 19.3 Å². The largest absolute Gasteiger partial charge is 0.481 e. The third-order valence-electron chi connectivity index (χ3n) is 3.35. The molecule has 0 aromatic carbocycles. The molecule has 2 unspecified atom stereocenters. The van der Waals surface area contributed by atoms with Crippen molar-refractivity contribution in [1.29, 1.82) is 0 Å². The molecular weight excluding hydrogens is 222 g/mol. The normalized spacial score (nSPS) is 23.3. The van der Waals surface area contributed by atoms with E-state index in [2.05, 4.69) is 6.92 Å². The fourth-order valence-electron chi connectivity index (χ4n) is 2.22. The lowest BCUT2D eigenvalue weighted by Crippen LogP contribution is -2.38. The van der Waals surface area contributed by atoms with Crippen LogP contribution in [0.5, 0.6) is 0 Å². The van der Waals surface area contributed by atoms with E-state index in [9.17, 15) is 14.7 Å². The molecule has 1 rings (SSSR count). The van der Waals surface area contributed by atoms with Gasteiger partial charge in [0.2, 0.25) is 5.91 Å². The van der Waals surface area contributed by atoms with E-state index in [1.165, 1.54) is 0 Å². The first-order valence-corrected chi connectivity index (χ1v) is 6.20. The maximum Gasteiger partial charge on any atom is 0.306 e. The molecule has 2 N–H and O–H groups in total. The van der Waals surface area contributed by atoms with E-state index in [1.54, 1.807) is 4.90 Å². The van der Waals surface area contributed by atoms with E-state index in [-0.39, 0.29) is 18.9 Å². The number of nitrogens with zero attached hydrogens (tertiary/aromatic N) is 1. The van der Waals surface area contributed by atoms with Crippen molar-refractivity contribution in [1.82, 2.24) is 4.90 Å². The molecule has 1 heterocycles. The molecule has 0 spiro atoms. The minimum atomic E-state index is -1.04. The van der Waals surface area contributed by atoms with Gasteiger partial charge in [-0.3, -0.25) is 9.59 Å².